The monoisotopic (exact) mass is 260 g/mol. The summed E-state index contributed by atoms with van der Waals surface area (Å²) in [7, 11) is 0. The summed E-state index contributed by atoms with van der Waals surface area (Å²) in [5, 5.41) is 5.75. The molecule has 0 aromatic heterocycles. The van der Waals surface area contributed by atoms with Gasteiger partial charge in [-0.25, -0.2) is 0 Å². The molecule has 2 rings (SSSR count). The smallest absolute Gasteiger partial charge is 0.224 e. The largest absolute Gasteiger partial charge is 0.356 e. The molecule has 1 heterocycles. The summed E-state index contributed by atoms with van der Waals surface area (Å²) in [6.07, 6.45) is 3.79. The number of hydrogen-bond acceptors (Lipinski definition) is 2. The van der Waals surface area contributed by atoms with Crippen LogP contribution in [0.25, 0.3) is 0 Å². The lowest BCUT2D eigenvalue weighted by Gasteiger charge is -2.17. The van der Waals surface area contributed by atoms with E-state index in [1.807, 2.05) is 18.2 Å². The highest BCUT2D eigenvalue weighted by atomic mass is 16.2. The highest BCUT2D eigenvalue weighted by Crippen LogP contribution is 2.23. The van der Waals surface area contributed by atoms with Crippen LogP contribution >= 0.6 is 0 Å². The molecule has 1 aliphatic rings. The number of carbonyl (C=O) groups is 2. The number of fused-ring (bicyclic) bond motifs is 1. The van der Waals surface area contributed by atoms with Crippen LogP contribution in [0.3, 0.4) is 0 Å². The molecule has 1 aromatic rings. The lowest BCUT2D eigenvalue weighted by atomic mass is 9.99. The maximum absolute atomic E-state index is 11.7. The van der Waals surface area contributed by atoms with Crippen molar-refractivity contribution in [1.29, 1.82) is 0 Å². The van der Waals surface area contributed by atoms with E-state index in [2.05, 4.69) is 17.6 Å². The molecule has 19 heavy (non-hydrogen) atoms. The molecule has 1 aromatic carbocycles. The van der Waals surface area contributed by atoms with Crippen molar-refractivity contribution in [2.24, 2.45) is 0 Å². The molecular formula is C15H20N2O2. The molecule has 0 bridgehead atoms. The summed E-state index contributed by atoms with van der Waals surface area (Å²) in [6.45, 7) is 2.85. The molecular weight excluding hydrogens is 240 g/mol. The average molecular weight is 260 g/mol. The fourth-order valence-electron chi connectivity index (χ4n) is 2.20. The number of anilines is 1. The molecule has 4 nitrogen and oxygen atoms in total. The first-order valence-corrected chi connectivity index (χ1v) is 6.87. The SMILES string of the molecule is CCCCNC(=O)Cc1ccc2c(c1)CCC(=O)N2. The molecule has 2 amide bonds. The fraction of sp³-hybridized carbons (Fsp3) is 0.467. The topological polar surface area (TPSA) is 58.2 Å². The summed E-state index contributed by atoms with van der Waals surface area (Å²) >= 11 is 0. The number of amides is 2. The van der Waals surface area contributed by atoms with Gasteiger partial charge in [-0.05, 0) is 30.0 Å². The zero-order valence-electron chi connectivity index (χ0n) is 11.3. The number of hydrogen-bond donors (Lipinski definition) is 2. The maximum atomic E-state index is 11.7. The van der Waals surface area contributed by atoms with Gasteiger partial charge in [0, 0.05) is 18.7 Å². The summed E-state index contributed by atoms with van der Waals surface area (Å²) < 4.78 is 0. The second kappa shape index (κ2) is 6.36. The first kappa shape index (κ1) is 13.6. The van der Waals surface area contributed by atoms with E-state index in [1.54, 1.807) is 0 Å². The van der Waals surface area contributed by atoms with Gasteiger partial charge in [0.15, 0.2) is 0 Å². The Hall–Kier alpha value is -1.84. The molecule has 0 unspecified atom stereocenters. The molecule has 4 heteroatoms. The molecule has 0 fully saturated rings. The van der Waals surface area contributed by atoms with Crippen LogP contribution in [0.15, 0.2) is 18.2 Å². The number of carbonyl (C=O) groups excluding carboxylic acids is 2. The molecule has 0 spiro atoms. The Kier molecular flexibility index (Phi) is 4.55. The first-order valence-electron chi connectivity index (χ1n) is 6.87. The second-order valence-electron chi connectivity index (χ2n) is 4.92. The normalized spacial score (nSPS) is 13.6. The van der Waals surface area contributed by atoms with Gasteiger partial charge in [-0.1, -0.05) is 25.5 Å². The first-order chi connectivity index (χ1) is 9.19. The zero-order valence-corrected chi connectivity index (χ0v) is 11.3. The molecule has 2 N–H and O–H groups in total. The minimum atomic E-state index is 0.0632. The number of rotatable bonds is 5. The van der Waals surface area contributed by atoms with E-state index in [0.29, 0.717) is 12.8 Å². The molecule has 0 saturated carbocycles. The van der Waals surface area contributed by atoms with Crippen LogP contribution in [-0.2, 0) is 22.4 Å². The van der Waals surface area contributed by atoms with E-state index in [4.69, 9.17) is 0 Å². The van der Waals surface area contributed by atoms with Crippen LogP contribution in [0.1, 0.15) is 37.3 Å². The van der Waals surface area contributed by atoms with E-state index < -0.39 is 0 Å². The van der Waals surface area contributed by atoms with E-state index in [1.165, 1.54) is 0 Å². The lowest BCUT2D eigenvalue weighted by Crippen LogP contribution is -2.26. The lowest BCUT2D eigenvalue weighted by molar-refractivity contribution is -0.120. The van der Waals surface area contributed by atoms with Crippen molar-refractivity contribution < 1.29 is 9.59 Å². The summed E-state index contributed by atoms with van der Waals surface area (Å²) in [5.41, 5.74) is 3.01. The van der Waals surface area contributed by atoms with Crippen molar-refractivity contribution in [1.82, 2.24) is 5.32 Å². The van der Waals surface area contributed by atoms with Crippen LogP contribution in [0.4, 0.5) is 5.69 Å². The van der Waals surface area contributed by atoms with Crippen molar-refractivity contribution >= 4 is 17.5 Å². The Morgan fingerprint density at radius 3 is 3.00 bits per heavy atom. The Morgan fingerprint density at radius 2 is 2.21 bits per heavy atom. The molecule has 0 atom stereocenters. The van der Waals surface area contributed by atoms with Gasteiger partial charge in [0.25, 0.3) is 0 Å². The van der Waals surface area contributed by atoms with E-state index in [0.717, 1.165) is 42.6 Å². The van der Waals surface area contributed by atoms with Crippen molar-refractivity contribution in [3.8, 4) is 0 Å². The molecule has 102 valence electrons. The van der Waals surface area contributed by atoms with Crippen molar-refractivity contribution in [2.75, 3.05) is 11.9 Å². The van der Waals surface area contributed by atoms with Crippen LogP contribution in [0.5, 0.6) is 0 Å². The minimum Gasteiger partial charge on any atom is -0.356 e. The van der Waals surface area contributed by atoms with Gasteiger partial charge in [0.05, 0.1) is 6.42 Å². The van der Waals surface area contributed by atoms with Crippen LogP contribution in [0, 0.1) is 0 Å². The average Bonchev–Trinajstić information content (AvgIpc) is 2.39. The number of benzene rings is 1. The molecule has 0 aliphatic carbocycles. The predicted octanol–water partition coefficient (Wildman–Crippen LogP) is 2.03. The van der Waals surface area contributed by atoms with Crippen molar-refractivity contribution in [2.45, 2.75) is 39.0 Å². The predicted molar refractivity (Wildman–Crippen MR) is 75.0 cm³/mol. The third kappa shape index (κ3) is 3.81. The van der Waals surface area contributed by atoms with Gasteiger partial charge >= 0.3 is 0 Å². The molecule has 0 saturated heterocycles. The van der Waals surface area contributed by atoms with Gasteiger partial charge in [-0.2, -0.15) is 0 Å². The van der Waals surface area contributed by atoms with Crippen molar-refractivity contribution in [3.05, 3.63) is 29.3 Å². The summed E-state index contributed by atoms with van der Waals surface area (Å²) in [5.74, 6) is 0.130. The summed E-state index contributed by atoms with van der Waals surface area (Å²) in [4.78, 5) is 23.0. The Morgan fingerprint density at radius 1 is 1.37 bits per heavy atom. The Labute approximate surface area is 113 Å². The Balaban J connectivity index is 1.95. The highest BCUT2D eigenvalue weighted by Gasteiger charge is 2.15. The fourth-order valence-corrected chi connectivity index (χ4v) is 2.20. The van der Waals surface area contributed by atoms with Crippen molar-refractivity contribution in [3.63, 3.8) is 0 Å². The Bertz CT molecular complexity index is 483. The highest BCUT2D eigenvalue weighted by molar-refractivity contribution is 5.94. The van der Waals surface area contributed by atoms with Crippen LogP contribution in [-0.4, -0.2) is 18.4 Å². The second-order valence-corrected chi connectivity index (χ2v) is 4.92. The minimum absolute atomic E-state index is 0.0632. The number of aryl methyl sites for hydroxylation is 1. The third-order valence-corrected chi connectivity index (χ3v) is 3.28. The zero-order chi connectivity index (χ0) is 13.7. The standard InChI is InChI=1S/C15H20N2O2/c1-2-3-8-16-15(19)10-11-4-6-13-12(9-11)5-7-14(18)17-13/h4,6,9H,2-3,5,7-8,10H2,1H3,(H,16,19)(H,17,18). The third-order valence-electron chi connectivity index (χ3n) is 3.28. The molecule has 0 radical (unpaired) electrons. The quantitative estimate of drug-likeness (QED) is 0.796. The van der Waals surface area contributed by atoms with E-state index in [-0.39, 0.29) is 11.8 Å². The molecule has 1 aliphatic heterocycles. The maximum Gasteiger partial charge on any atom is 0.224 e. The van der Waals surface area contributed by atoms with Gasteiger partial charge in [-0.15, -0.1) is 0 Å². The number of unbranched alkanes of at least 4 members (excludes halogenated alkanes) is 1. The van der Waals surface area contributed by atoms with Gasteiger partial charge in [-0.3, -0.25) is 9.59 Å². The van der Waals surface area contributed by atoms with Gasteiger partial charge < -0.3 is 10.6 Å². The number of nitrogens with one attached hydrogen (secondary N) is 2. The van der Waals surface area contributed by atoms with E-state index in [9.17, 15) is 9.59 Å². The van der Waals surface area contributed by atoms with Crippen LogP contribution in [0.2, 0.25) is 0 Å². The van der Waals surface area contributed by atoms with Crippen LogP contribution < -0.4 is 10.6 Å². The van der Waals surface area contributed by atoms with E-state index >= 15 is 0 Å². The van der Waals surface area contributed by atoms with Gasteiger partial charge in [0.1, 0.15) is 0 Å². The van der Waals surface area contributed by atoms with Gasteiger partial charge in [0.2, 0.25) is 11.8 Å². The summed E-state index contributed by atoms with van der Waals surface area (Å²) in [6, 6.07) is 5.82.